The van der Waals surface area contributed by atoms with Gasteiger partial charge in [-0.2, -0.15) is 0 Å². The Morgan fingerprint density at radius 3 is 2.73 bits per heavy atom. The van der Waals surface area contributed by atoms with Gasteiger partial charge in [-0.3, -0.25) is 9.89 Å². The van der Waals surface area contributed by atoms with Crippen molar-refractivity contribution < 1.29 is 14.3 Å². The van der Waals surface area contributed by atoms with Crippen LogP contribution < -0.4 is 9.47 Å². The minimum Gasteiger partial charge on any atom is -0.493 e. The topological polar surface area (TPSA) is 80.3 Å². The minimum atomic E-state index is 0.0602. The largest absolute Gasteiger partial charge is 0.493 e. The van der Waals surface area contributed by atoms with E-state index in [4.69, 9.17) is 9.47 Å². The second-order valence-electron chi connectivity index (χ2n) is 6.16. The van der Waals surface area contributed by atoms with Crippen molar-refractivity contribution >= 4 is 17.7 Å². The number of rotatable bonds is 9. The van der Waals surface area contributed by atoms with Gasteiger partial charge in [0.2, 0.25) is 11.1 Å². The van der Waals surface area contributed by atoms with Crippen LogP contribution in [0.1, 0.15) is 37.1 Å². The van der Waals surface area contributed by atoms with E-state index < -0.39 is 0 Å². The summed E-state index contributed by atoms with van der Waals surface area (Å²) in [6.07, 6.45) is 2.35. The molecule has 1 aliphatic carbocycles. The fraction of sp³-hybridized carbons (Fsp3) is 0.500. The highest BCUT2D eigenvalue weighted by atomic mass is 32.2. The van der Waals surface area contributed by atoms with Crippen LogP contribution in [0.4, 0.5) is 0 Å². The first-order chi connectivity index (χ1) is 12.6. The molecular weight excluding hydrogens is 352 g/mol. The van der Waals surface area contributed by atoms with Gasteiger partial charge in [0.15, 0.2) is 11.5 Å². The summed E-state index contributed by atoms with van der Waals surface area (Å²) in [5.74, 6) is 3.20. The summed E-state index contributed by atoms with van der Waals surface area (Å²) in [5, 5.41) is 7.79. The van der Waals surface area contributed by atoms with Gasteiger partial charge in [-0.25, -0.2) is 4.98 Å². The molecule has 140 valence electrons. The smallest absolute Gasteiger partial charge is 0.233 e. The molecule has 1 fully saturated rings. The predicted molar refractivity (Wildman–Crippen MR) is 99.7 cm³/mol. The summed E-state index contributed by atoms with van der Waals surface area (Å²) in [6, 6.07) is 5.70. The van der Waals surface area contributed by atoms with Crippen molar-refractivity contribution in [1.29, 1.82) is 0 Å². The first-order valence-electron chi connectivity index (χ1n) is 8.68. The number of benzene rings is 1. The Labute approximate surface area is 157 Å². The Hall–Kier alpha value is -2.22. The van der Waals surface area contributed by atoms with E-state index in [1.807, 2.05) is 30.0 Å². The molecule has 1 aromatic heterocycles. The van der Waals surface area contributed by atoms with Gasteiger partial charge in [0, 0.05) is 19.0 Å². The number of carbonyl (C=O) groups excluding carboxylic acids is 1. The molecule has 3 rings (SSSR count). The summed E-state index contributed by atoms with van der Waals surface area (Å²) in [7, 11) is 3.21. The molecule has 0 saturated heterocycles. The summed E-state index contributed by atoms with van der Waals surface area (Å²) in [6.45, 7) is 3.13. The van der Waals surface area contributed by atoms with Crippen LogP contribution in [0, 0.1) is 0 Å². The molecule has 8 heteroatoms. The van der Waals surface area contributed by atoms with Crippen LogP contribution >= 0.6 is 11.8 Å². The van der Waals surface area contributed by atoms with Gasteiger partial charge in [0.1, 0.15) is 5.82 Å². The van der Waals surface area contributed by atoms with E-state index in [0.717, 1.165) is 11.4 Å². The highest BCUT2D eigenvalue weighted by Crippen LogP contribution is 2.38. The standard InChI is InChI=1S/C18H24N4O3S/c1-4-22(10-12-5-8-14(24-2)15(9-12)25-3)16(23)11-26-18-19-17(20-21-18)13-6-7-13/h5,8-9,13H,4,6-7,10-11H2,1-3H3,(H,19,20,21). The maximum atomic E-state index is 12.6. The second-order valence-corrected chi connectivity index (χ2v) is 7.11. The number of aromatic nitrogens is 3. The van der Waals surface area contributed by atoms with Gasteiger partial charge in [-0.1, -0.05) is 17.8 Å². The minimum absolute atomic E-state index is 0.0602. The zero-order chi connectivity index (χ0) is 18.5. The highest BCUT2D eigenvalue weighted by Gasteiger charge is 2.27. The van der Waals surface area contributed by atoms with Crippen molar-refractivity contribution in [2.75, 3.05) is 26.5 Å². The quantitative estimate of drug-likeness (QED) is 0.678. The Morgan fingerprint density at radius 1 is 1.31 bits per heavy atom. The maximum Gasteiger partial charge on any atom is 0.233 e. The fourth-order valence-electron chi connectivity index (χ4n) is 2.66. The average Bonchev–Trinajstić information content (AvgIpc) is 3.42. The first-order valence-corrected chi connectivity index (χ1v) is 9.67. The van der Waals surface area contributed by atoms with Gasteiger partial charge in [-0.05, 0) is 37.5 Å². The molecule has 1 saturated carbocycles. The lowest BCUT2D eigenvalue weighted by atomic mass is 10.2. The normalized spacial score (nSPS) is 13.5. The number of hydrogen-bond acceptors (Lipinski definition) is 6. The van der Waals surface area contributed by atoms with Crippen LogP contribution in [0.25, 0.3) is 0 Å². The van der Waals surface area contributed by atoms with Gasteiger partial charge in [0.05, 0.1) is 20.0 Å². The van der Waals surface area contributed by atoms with Crippen LogP contribution in [0.3, 0.4) is 0 Å². The third kappa shape index (κ3) is 4.49. The summed E-state index contributed by atoms with van der Waals surface area (Å²) in [4.78, 5) is 18.8. The highest BCUT2D eigenvalue weighted by molar-refractivity contribution is 7.99. The lowest BCUT2D eigenvalue weighted by Gasteiger charge is -2.21. The molecule has 0 spiro atoms. The van der Waals surface area contributed by atoms with E-state index in [1.54, 1.807) is 14.2 Å². The van der Waals surface area contributed by atoms with Crippen LogP contribution in [0.5, 0.6) is 11.5 Å². The van der Waals surface area contributed by atoms with Crippen LogP contribution in [-0.2, 0) is 11.3 Å². The molecule has 0 unspecified atom stereocenters. The molecule has 0 aliphatic heterocycles. The van der Waals surface area contributed by atoms with Crippen LogP contribution in [0.2, 0.25) is 0 Å². The summed E-state index contributed by atoms with van der Waals surface area (Å²) < 4.78 is 10.6. The molecule has 1 N–H and O–H groups in total. The molecule has 2 aromatic rings. The molecule has 0 bridgehead atoms. The fourth-order valence-corrected chi connectivity index (χ4v) is 3.36. The van der Waals surface area contributed by atoms with Crippen LogP contribution in [0.15, 0.2) is 23.4 Å². The first kappa shape index (κ1) is 18.6. The molecule has 1 aliphatic rings. The third-order valence-electron chi connectivity index (χ3n) is 4.33. The van der Waals surface area contributed by atoms with Crippen molar-refractivity contribution in [3.63, 3.8) is 0 Å². The molecule has 7 nitrogen and oxygen atoms in total. The van der Waals surface area contributed by atoms with Crippen LogP contribution in [-0.4, -0.2) is 52.5 Å². The van der Waals surface area contributed by atoms with E-state index in [9.17, 15) is 4.79 Å². The molecule has 1 aromatic carbocycles. The Balaban J connectivity index is 1.57. The van der Waals surface area contributed by atoms with E-state index in [-0.39, 0.29) is 5.91 Å². The number of nitrogens with zero attached hydrogens (tertiary/aromatic N) is 3. The van der Waals surface area contributed by atoms with E-state index in [1.165, 1.54) is 24.6 Å². The van der Waals surface area contributed by atoms with Crippen molar-refractivity contribution in [2.24, 2.45) is 0 Å². The average molecular weight is 376 g/mol. The summed E-state index contributed by atoms with van der Waals surface area (Å²) >= 11 is 1.37. The number of carbonyl (C=O) groups is 1. The van der Waals surface area contributed by atoms with Crippen molar-refractivity contribution in [2.45, 2.75) is 37.4 Å². The molecule has 0 radical (unpaired) electrons. The number of H-pyrrole nitrogens is 1. The predicted octanol–water partition coefficient (Wildman–Crippen LogP) is 2.84. The third-order valence-corrected chi connectivity index (χ3v) is 5.16. The molecule has 26 heavy (non-hydrogen) atoms. The number of aromatic amines is 1. The lowest BCUT2D eigenvalue weighted by molar-refractivity contribution is -0.128. The summed E-state index contributed by atoms with van der Waals surface area (Å²) in [5.41, 5.74) is 0.997. The Morgan fingerprint density at radius 2 is 2.08 bits per heavy atom. The lowest BCUT2D eigenvalue weighted by Crippen LogP contribution is -2.31. The Kier molecular flexibility index (Phi) is 6.03. The molecule has 0 atom stereocenters. The van der Waals surface area contributed by atoms with Gasteiger partial charge >= 0.3 is 0 Å². The van der Waals surface area contributed by atoms with Gasteiger partial charge in [-0.15, -0.1) is 5.10 Å². The van der Waals surface area contributed by atoms with E-state index in [2.05, 4.69) is 15.2 Å². The number of amides is 1. The van der Waals surface area contributed by atoms with Gasteiger partial charge in [0.25, 0.3) is 0 Å². The Bertz CT molecular complexity index is 761. The van der Waals surface area contributed by atoms with Gasteiger partial charge < -0.3 is 14.4 Å². The van der Waals surface area contributed by atoms with E-state index in [0.29, 0.717) is 41.4 Å². The molecule has 1 heterocycles. The number of hydrogen-bond donors (Lipinski definition) is 1. The molecular formula is C18H24N4O3S. The number of nitrogens with one attached hydrogen (secondary N) is 1. The zero-order valence-electron chi connectivity index (χ0n) is 15.3. The van der Waals surface area contributed by atoms with Crippen molar-refractivity contribution in [1.82, 2.24) is 20.1 Å². The number of ether oxygens (including phenoxy) is 2. The monoisotopic (exact) mass is 376 g/mol. The number of thioether (sulfide) groups is 1. The maximum absolute atomic E-state index is 12.6. The van der Waals surface area contributed by atoms with Crippen molar-refractivity contribution in [3.8, 4) is 11.5 Å². The number of methoxy groups -OCH3 is 2. The second kappa shape index (κ2) is 8.44. The zero-order valence-corrected chi connectivity index (χ0v) is 16.1. The molecule has 1 amide bonds. The SMILES string of the molecule is CCN(Cc1ccc(OC)c(OC)c1)C(=O)CSc1n[nH]c(C2CC2)n1. The van der Waals surface area contributed by atoms with Crippen molar-refractivity contribution in [3.05, 3.63) is 29.6 Å². The van der Waals surface area contributed by atoms with E-state index >= 15 is 0 Å².